The summed E-state index contributed by atoms with van der Waals surface area (Å²) in [5.41, 5.74) is 1.17. The molecule has 2 unspecified atom stereocenters. The summed E-state index contributed by atoms with van der Waals surface area (Å²) in [5.74, 6) is 1.08. The minimum absolute atomic E-state index is 0.0558. The molecule has 0 aliphatic rings. The van der Waals surface area contributed by atoms with Gasteiger partial charge < -0.3 is 0 Å². The summed E-state index contributed by atoms with van der Waals surface area (Å²) < 4.78 is 0. The van der Waals surface area contributed by atoms with Gasteiger partial charge >= 0.3 is 0 Å². The summed E-state index contributed by atoms with van der Waals surface area (Å²) in [4.78, 5) is 11.8. The molecule has 0 saturated heterocycles. The van der Waals surface area contributed by atoms with Crippen molar-refractivity contribution in [2.45, 2.75) is 53.9 Å². The Hall–Kier alpha value is -0.850. The standard InChI is InChI=1S/C15H26O/c1-6-8-13(4)11-14(5)15(16)10-9-12(3)7-2/h6,8,11-12,14H,7,9-10H2,1-5H3/b8-6+,13-11-. The van der Waals surface area contributed by atoms with Crippen LogP contribution in [0.4, 0.5) is 0 Å². The van der Waals surface area contributed by atoms with Crippen LogP contribution in [0.3, 0.4) is 0 Å². The van der Waals surface area contributed by atoms with Gasteiger partial charge in [0.1, 0.15) is 5.78 Å². The molecule has 0 bridgehead atoms. The van der Waals surface area contributed by atoms with E-state index in [0.717, 1.165) is 19.3 Å². The van der Waals surface area contributed by atoms with E-state index in [1.807, 2.05) is 32.9 Å². The number of hydrogen-bond acceptors (Lipinski definition) is 1. The maximum absolute atomic E-state index is 11.8. The van der Waals surface area contributed by atoms with Crippen molar-refractivity contribution in [3.63, 3.8) is 0 Å². The minimum atomic E-state index is 0.0558. The van der Waals surface area contributed by atoms with E-state index in [0.29, 0.717) is 11.7 Å². The summed E-state index contributed by atoms with van der Waals surface area (Å²) in [6.45, 7) is 10.4. The lowest BCUT2D eigenvalue weighted by molar-refractivity contribution is -0.121. The van der Waals surface area contributed by atoms with Crippen LogP contribution in [0, 0.1) is 11.8 Å². The first-order valence-electron chi connectivity index (χ1n) is 6.35. The average molecular weight is 222 g/mol. The Morgan fingerprint density at radius 3 is 2.44 bits per heavy atom. The fraction of sp³-hybridized carbons (Fsp3) is 0.667. The maximum Gasteiger partial charge on any atom is 0.139 e. The first kappa shape index (κ1) is 15.2. The second-order valence-electron chi connectivity index (χ2n) is 4.72. The van der Waals surface area contributed by atoms with Gasteiger partial charge in [-0.1, -0.05) is 51.0 Å². The van der Waals surface area contributed by atoms with E-state index in [4.69, 9.17) is 0 Å². The largest absolute Gasteiger partial charge is 0.299 e. The van der Waals surface area contributed by atoms with Crippen molar-refractivity contribution in [3.05, 3.63) is 23.8 Å². The van der Waals surface area contributed by atoms with E-state index in [1.54, 1.807) is 0 Å². The second kappa shape index (κ2) is 8.32. The number of Topliss-reactive ketones (excluding diaryl/α,β-unsaturated/α-hetero) is 1. The molecular formula is C15H26O. The first-order chi connectivity index (χ1) is 7.51. The summed E-state index contributed by atoms with van der Waals surface area (Å²) >= 11 is 0. The van der Waals surface area contributed by atoms with E-state index in [2.05, 4.69) is 19.9 Å². The normalized spacial score (nSPS) is 16.4. The van der Waals surface area contributed by atoms with Crippen molar-refractivity contribution >= 4 is 5.78 Å². The summed E-state index contributed by atoms with van der Waals surface area (Å²) in [5, 5.41) is 0. The quantitative estimate of drug-likeness (QED) is 0.578. The Morgan fingerprint density at radius 2 is 1.94 bits per heavy atom. The SMILES string of the molecule is C/C=C/C(C)=C\C(C)C(=O)CCC(C)CC. The van der Waals surface area contributed by atoms with Crippen LogP contribution in [0.15, 0.2) is 23.8 Å². The zero-order chi connectivity index (χ0) is 12.6. The Labute approximate surface area is 101 Å². The lowest BCUT2D eigenvalue weighted by Crippen LogP contribution is -2.10. The third kappa shape index (κ3) is 6.60. The molecule has 0 aromatic rings. The van der Waals surface area contributed by atoms with Crippen LogP contribution < -0.4 is 0 Å². The molecule has 0 N–H and O–H groups in total. The van der Waals surface area contributed by atoms with E-state index in [-0.39, 0.29) is 5.92 Å². The van der Waals surface area contributed by atoms with E-state index in [9.17, 15) is 4.79 Å². The fourth-order valence-corrected chi connectivity index (χ4v) is 1.63. The molecule has 0 amide bonds. The Kier molecular flexibility index (Phi) is 7.88. The van der Waals surface area contributed by atoms with Crippen LogP contribution in [0.25, 0.3) is 0 Å². The van der Waals surface area contributed by atoms with Crippen molar-refractivity contribution in [1.29, 1.82) is 0 Å². The molecule has 1 heteroatoms. The highest BCUT2D eigenvalue weighted by Gasteiger charge is 2.11. The summed E-state index contributed by atoms with van der Waals surface area (Å²) in [6.07, 6.45) is 9.00. The van der Waals surface area contributed by atoms with Gasteiger partial charge in [0.05, 0.1) is 0 Å². The van der Waals surface area contributed by atoms with E-state index < -0.39 is 0 Å². The molecule has 92 valence electrons. The molecule has 0 rings (SSSR count). The second-order valence-corrected chi connectivity index (χ2v) is 4.72. The van der Waals surface area contributed by atoms with Gasteiger partial charge in [-0.2, -0.15) is 0 Å². The first-order valence-corrected chi connectivity index (χ1v) is 6.35. The predicted molar refractivity (Wildman–Crippen MR) is 71.4 cm³/mol. The molecule has 0 heterocycles. The molecule has 1 nitrogen and oxygen atoms in total. The molecule has 0 saturated carbocycles. The number of hydrogen-bond donors (Lipinski definition) is 0. The van der Waals surface area contributed by atoms with Crippen LogP contribution in [0.1, 0.15) is 53.9 Å². The zero-order valence-corrected chi connectivity index (χ0v) is 11.4. The molecule has 0 radical (unpaired) electrons. The van der Waals surface area contributed by atoms with E-state index in [1.165, 1.54) is 5.57 Å². The van der Waals surface area contributed by atoms with Crippen molar-refractivity contribution in [1.82, 2.24) is 0 Å². The van der Waals surface area contributed by atoms with Gasteiger partial charge in [-0.05, 0) is 26.2 Å². The van der Waals surface area contributed by atoms with Gasteiger partial charge in [0, 0.05) is 12.3 Å². The van der Waals surface area contributed by atoms with Crippen LogP contribution in [0.2, 0.25) is 0 Å². The van der Waals surface area contributed by atoms with Crippen LogP contribution >= 0.6 is 0 Å². The Balaban J connectivity index is 4.14. The summed E-state index contributed by atoms with van der Waals surface area (Å²) in [7, 11) is 0. The van der Waals surface area contributed by atoms with Crippen molar-refractivity contribution in [2.75, 3.05) is 0 Å². The van der Waals surface area contributed by atoms with Crippen molar-refractivity contribution in [2.24, 2.45) is 11.8 Å². The van der Waals surface area contributed by atoms with Crippen molar-refractivity contribution < 1.29 is 4.79 Å². The molecule has 0 fully saturated rings. The minimum Gasteiger partial charge on any atom is -0.299 e. The average Bonchev–Trinajstić information content (AvgIpc) is 2.25. The van der Waals surface area contributed by atoms with E-state index >= 15 is 0 Å². The van der Waals surface area contributed by atoms with Gasteiger partial charge in [0.2, 0.25) is 0 Å². The lowest BCUT2D eigenvalue weighted by atomic mass is 9.95. The van der Waals surface area contributed by atoms with Gasteiger partial charge in [-0.3, -0.25) is 4.79 Å². The number of carbonyl (C=O) groups excluding carboxylic acids is 1. The molecule has 0 spiro atoms. The number of allylic oxidation sites excluding steroid dienone is 4. The molecular weight excluding hydrogens is 196 g/mol. The fourth-order valence-electron chi connectivity index (χ4n) is 1.63. The number of ketones is 1. The molecule has 0 aromatic heterocycles. The third-order valence-electron chi connectivity index (χ3n) is 3.03. The maximum atomic E-state index is 11.8. The Morgan fingerprint density at radius 1 is 1.31 bits per heavy atom. The van der Waals surface area contributed by atoms with Gasteiger partial charge in [0.15, 0.2) is 0 Å². The zero-order valence-electron chi connectivity index (χ0n) is 11.4. The highest BCUT2D eigenvalue weighted by Crippen LogP contribution is 2.14. The molecule has 0 aliphatic carbocycles. The monoisotopic (exact) mass is 222 g/mol. The van der Waals surface area contributed by atoms with Gasteiger partial charge in [-0.25, -0.2) is 0 Å². The predicted octanol–water partition coefficient (Wildman–Crippen LogP) is 4.54. The van der Waals surface area contributed by atoms with Crippen LogP contribution in [-0.2, 0) is 4.79 Å². The molecule has 2 atom stereocenters. The highest BCUT2D eigenvalue weighted by molar-refractivity contribution is 5.82. The smallest absolute Gasteiger partial charge is 0.139 e. The van der Waals surface area contributed by atoms with Gasteiger partial charge in [0.25, 0.3) is 0 Å². The van der Waals surface area contributed by atoms with Crippen LogP contribution in [0.5, 0.6) is 0 Å². The lowest BCUT2D eigenvalue weighted by Gasteiger charge is -2.10. The van der Waals surface area contributed by atoms with Crippen molar-refractivity contribution in [3.8, 4) is 0 Å². The highest BCUT2D eigenvalue weighted by atomic mass is 16.1. The molecule has 0 aromatic carbocycles. The van der Waals surface area contributed by atoms with Crippen LogP contribution in [-0.4, -0.2) is 5.78 Å². The third-order valence-corrected chi connectivity index (χ3v) is 3.03. The van der Waals surface area contributed by atoms with Gasteiger partial charge in [-0.15, -0.1) is 0 Å². The molecule has 16 heavy (non-hydrogen) atoms. The topological polar surface area (TPSA) is 17.1 Å². The number of carbonyl (C=O) groups is 1. The number of rotatable bonds is 7. The molecule has 0 aliphatic heterocycles. The summed E-state index contributed by atoms with van der Waals surface area (Å²) in [6, 6.07) is 0. The Bertz CT molecular complexity index is 261.